The number of H-pyrrole nitrogens is 1. The number of nitrogens with one attached hydrogen (secondary N) is 2. The first-order chi connectivity index (χ1) is 11.8. The highest BCUT2D eigenvalue weighted by atomic mass is 16.5. The van der Waals surface area contributed by atoms with Gasteiger partial charge in [-0.15, -0.1) is 0 Å². The lowest BCUT2D eigenvalue weighted by Crippen LogP contribution is -2.23. The summed E-state index contributed by atoms with van der Waals surface area (Å²) in [6.07, 6.45) is 3.89. The van der Waals surface area contributed by atoms with Crippen LogP contribution in [0.2, 0.25) is 0 Å². The topological polar surface area (TPSA) is 54.1 Å². The van der Waals surface area contributed by atoms with E-state index in [2.05, 4.69) is 34.6 Å². The predicted molar refractivity (Wildman–Crippen MR) is 94.0 cm³/mol. The van der Waals surface area contributed by atoms with E-state index in [0.29, 0.717) is 6.61 Å². The summed E-state index contributed by atoms with van der Waals surface area (Å²) < 4.78 is 5.95. The standard InChI is InChI=1S/C20H20N2O2/c23-13-21-19-8-4-7-16-17-11-15(9-10-18(17)22-20(16)19)24-12-14-5-2-1-3-6-14/h1-3,5-6,9-11,13,19,22H,4,7-8,12H2,(H,21,23). The first-order valence-corrected chi connectivity index (χ1v) is 8.36. The van der Waals surface area contributed by atoms with E-state index >= 15 is 0 Å². The molecular formula is C20H20N2O2. The van der Waals surface area contributed by atoms with Gasteiger partial charge in [-0.3, -0.25) is 4.79 Å². The van der Waals surface area contributed by atoms with E-state index in [-0.39, 0.29) is 6.04 Å². The smallest absolute Gasteiger partial charge is 0.207 e. The third-order valence-corrected chi connectivity index (χ3v) is 4.70. The number of fused-ring (bicyclic) bond motifs is 3. The Morgan fingerprint density at radius 2 is 2.08 bits per heavy atom. The molecule has 122 valence electrons. The van der Waals surface area contributed by atoms with Crippen LogP contribution in [-0.2, 0) is 17.8 Å². The fraction of sp³-hybridized carbons (Fsp3) is 0.250. The largest absolute Gasteiger partial charge is 0.489 e. The predicted octanol–water partition coefficient (Wildman–Crippen LogP) is 3.87. The number of rotatable bonds is 5. The number of hydrogen-bond acceptors (Lipinski definition) is 2. The van der Waals surface area contributed by atoms with Gasteiger partial charge in [-0.05, 0) is 48.6 Å². The van der Waals surface area contributed by atoms with Gasteiger partial charge in [0.25, 0.3) is 0 Å². The van der Waals surface area contributed by atoms with Crippen LogP contribution < -0.4 is 10.1 Å². The fourth-order valence-electron chi connectivity index (χ4n) is 3.52. The Morgan fingerprint density at radius 1 is 1.21 bits per heavy atom. The first-order valence-electron chi connectivity index (χ1n) is 8.36. The van der Waals surface area contributed by atoms with Crippen molar-refractivity contribution in [3.63, 3.8) is 0 Å². The molecule has 1 aromatic heterocycles. The Balaban J connectivity index is 1.62. The molecule has 0 spiro atoms. The molecule has 1 atom stereocenters. The van der Waals surface area contributed by atoms with Crippen LogP contribution in [0.25, 0.3) is 10.9 Å². The SMILES string of the molecule is O=CNC1CCCc2c1[nH]c1ccc(OCc3ccccc3)cc21. The summed E-state index contributed by atoms with van der Waals surface area (Å²) in [5, 5.41) is 4.12. The average molecular weight is 320 g/mol. The summed E-state index contributed by atoms with van der Waals surface area (Å²) in [6, 6.07) is 16.4. The van der Waals surface area contributed by atoms with Gasteiger partial charge in [0.2, 0.25) is 6.41 Å². The highest BCUT2D eigenvalue weighted by molar-refractivity contribution is 5.86. The molecule has 1 amide bonds. The summed E-state index contributed by atoms with van der Waals surface area (Å²) in [6.45, 7) is 0.564. The normalized spacial score (nSPS) is 16.6. The minimum absolute atomic E-state index is 0.0901. The van der Waals surface area contributed by atoms with Crippen molar-refractivity contribution in [2.24, 2.45) is 0 Å². The van der Waals surface area contributed by atoms with Crippen molar-refractivity contribution in [3.05, 3.63) is 65.4 Å². The third kappa shape index (κ3) is 2.75. The third-order valence-electron chi connectivity index (χ3n) is 4.70. The van der Waals surface area contributed by atoms with Gasteiger partial charge < -0.3 is 15.0 Å². The summed E-state index contributed by atoms with van der Waals surface area (Å²) in [4.78, 5) is 14.3. The van der Waals surface area contributed by atoms with Crippen LogP contribution in [0, 0.1) is 0 Å². The molecule has 2 aromatic carbocycles. The zero-order chi connectivity index (χ0) is 16.4. The van der Waals surface area contributed by atoms with Crippen molar-refractivity contribution in [3.8, 4) is 5.75 Å². The van der Waals surface area contributed by atoms with Crippen molar-refractivity contribution >= 4 is 17.3 Å². The van der Waals surface area contributed by atoms with Crippen LogP contribution in [0.5, 0.6) is 5.75 Å². The van der Waals surface area contributed by atoms with E-state index in [4.69, 9.17) is 4.74 Å². The van der Waals surface area contributed by atoms with E-state index in [1.54, 1.807) is 0 Å². The highest BCUT2D eigenvalue weighted by Gasteiger charge is 2.23. The number of benzene rings is 2. The first kappa shape index (κ1) is 14.8. The number of ether oxygens (including phenoxy) is 1. The summed E-state index contributed by atoms with van der Waals surface area (Å²) >= 11 is 0. The lowest BCUT2D eigenvalue weighted by molar-refractivity contribution is -0.110. The number of aromatic nitrogens is 1. The molecule has 0 fully saturated rings. The van der Waals surface area contributed by atoms with Crippen LogP contribution in [0.4, 0.5) is 0 Å². The fourth-order valence-corrected chi connectivity index (χ4v) is 3.52. The van der Waals surface area contributed by atoms with Crippen molar-refractivity contribution in [2.45, 2.75) is 31.9 Å². The minimum Gasteiger partial charge on any atom is -0.489 e. The maximum Gasteiger partial charge on any atom is 0.207 e. The molecule has 4 heteroatoms. The van der Waals surface area contributed by atoms with Crippen molar-refractivity contribution in [2.75, 3.05) is 0 Å². The van der Waals surface area contributed by atoms with Crippen LogP contribution in [-0.4, -0.2) is 11.4 Å². The number of hydrogen-bond donors (Lipinski definition) is 2. The molecule has 1 heterocycles. The second kappa shape index (κ2) is 6.40. The van der Waals surface area contributed by atoms with Crippen LogP contribution >= 0.6 is 0 Å². The Hall–Kier alpha value is -2.75. The van der Waals surface area contributed by atoms with Gasteiger partial charge >= 0.3 is 0 Å². The van der Waals surface area contributed by atoms with Crippen molar-refractivity contribution in [1.29, 1.82) is 0 Å². The number of aromatic amines is 1. The lowest BCUT2D eigenvalue weighted by atomic mass is 9.92. The Morgan fingerprint density at radius 3 is 2.92 bits per heavy atom. The van der Waals surface area contributed by atoms with Gasteiger partial charge in [0.1, 0.15) is 12.4 Å². The van der Waals surface area contributed by atoms with Gasteiger partial charge in [-0.2, -0.15) is 0 Å². The Labute approximate surface area is 140 Å². The molecule has 0 bridgehead atoms. The second-order valence-electron chi connectivity index (χ2n) is 6.23. The van der Waals surface area contributed by atoms with E-state index in [0.717, 1.165) is 48.2 Å². The molecule has 3 aromatic rings. The van der Waals surface area contributed by atoms with Gasteiger partial charge in [-0.1, -0.05) is 30.3 Å². The zero-order valence-corrected chi connectivity index (χ0v) is 13.4. The number of aryl methyl sites for hydroxylation is 1. The minimum atomic E-state index is 0.0901. The maximum atomic E-state index is 10.8. The summed E-state index contributed by atoms with van der Waals surface area (Å²) in [5.74, 6) is 0.874. The molecule has 0 saturated carbocycles. The van der Waals surface area contributed by atoms with E-state index in [1.165, 1.54) is 10.9 Å². The molecule has 24 heavy (non-hydrogen) atoms. The molecule has 1 unspecified atom stereocenters. The molecule has 2 N–H and O–H groups in total. The lowest BCUT2D eigenvalue weighted by Gasteiger charge is -2.21. The molecule has 4 rings (SSSR count). The van der Waals surface area contributed by atoms with Crippen LogP contribution in [0.1, 0.15) is 35.7 Å². The monoisotopic (exact) mass is 320 g/mol. The molecular weight excluding hydrogens is 300 g/mol. The van der Waals surface area contributed by atoms with Crippen LogP contribution in [0.15, 0.2) is 48.5 Å². The molecule has 0 radical (unpaired) electrons. The molecule has 1 aliphatic carbocycles. The van der Waals surface area contributed by atoms with E-state index < -0.39 is 0 Å². The molecule has 0 saturated heterocycles. The quantitative estimate of drug-likeness (QED) is 0.701. The number of carbonyl (C=O) groups excluding carboxylic acids is 1. The van der Waals surface area contributed by atoms with Crippen molar-refractivity contribution in [1.82, 2.24) is 10.3 Å². The molecule has 1 aliphatic rings. The molecule has 0 aliphatic heterocycles. The van der Waals surface area contributed by atoms with Crippen molar-refractivity contribution < 1.29 is 9.53 Å². The van der Waals surface area contributed by atoms with Gasteiger partial charge in [0.15, 0.2) is 0 Å². The zero-order valence-electron chi connectivity index (χ0n) is 13.4. The summed E-state index contributed by atoms with van der Waals surface area (Å²) in [7, 11) is 0. The second-order valence-corrected chi connectivity index (χ2v) is 6.23. The highest BCUT2D eigenvalue weighted by Crippen LogP contribution is 2.36. The van der Waals surface area contributed by atoms with Crippen LogP contribution in [0.3, 0.4) is 0 Å². The van der Waals surface area contributed by atoms with Gasteiger partial charge in [0.05, 0.1) is 6.04 Å². The van der Waals surface area contributed by atoms with Gasteiger partial charge in [0, 0.05) is 16.6 Å². The number of carbonyl (C=O) groups is 1. The average Bonchev–Trinajstić information content (AvgIpc) is 3.00. The van der Waals surface area contributed by atoms with E-state index in [1.807, 2.05) is 24.3 Å². The maximum absolute atomic E-state index is 10.8. The Bertz CT molecular complexity index is 855. The molecule has 4 nitrogen and oxygen atoms in total. The number of amides is 1. The Kier molecular flexibility index (Phi) is 3.95. The van der Waals surface area contributed by atoms with Gasteiger partial charge in [-0.25, -0.2) is 0 Å². The van der Waals surface area contributed by atoms with E-state index in [9.17, 15) is 4.79 Å². The summed E-state index contributed by atoms with van der Waals surface area (Å²) in [5.41, 5.74) is 4.71.